The number of benzene rings is 1. The summed E-state index contributed by atoms with van der Waals surface area (Å²) in [6, 6.07) is 4.00. The molecule has 0 saturated carbocycles. The van der Waals surface area contributed by atoms with Crippen LogP contribution in [0.3, 0.4) is 0 Å². The number of oxazole rings is 1. The van der Waals surface area contributed by atoms with Crippen LogP contribution >= 0.6 is 11.3 Å². The molecular weight excluding hydrogens is 410 g/mol. The van der Waals surface area contributed by atoms with Crippen LogP contribution in [-0.2, 0) is 0 Å². The van der Waals surface area contributed by atoms with Crippen LogP contribution in [0.5, 0.6) is 5.75 Å². The van der Waals surface area contributed by atoms with Crippen LogP contribution in [0.2, 0.25) is 0 Å². The molecule has 1 aromatic carbocycles. The number of phenolic OH excluding ortho intramolecular Hbond substituents is 1. The highest BCUT2D eigenvalue weighted by Crippen LogP contribution is 2.40. The van der Waals surface area contributed by atoms with Crippen LogP contribution in [0.15, 0.2) is 22.7 Å². The number of nitrogens with one attached hydrogen (secondary N) is 1. The molecule has 4 rings (SSSR count). The highest BCUT2D eigenvalue weighted by molar-refractivity contribution is 7.18. The van der Waals surface area contributed by atoms with E-state index in [0.29, 0.717) is 22.5 Å². The molecule has 1 aliphatic heterocycles. The molecule has 0 bridgehead atoms. The molecular formula is C23H31N5O2S. The number of nitrogens with zero attached hydrogens (tertiary/aromatic N) is 4. The maximum Gasteiger partial charge on any atom is 0.226 e. The van der Waals surface area contributed by atoms with Gasteiger partial charge in [0, 0.05) is 29.7 Å². The fourth-order valence-electron chi connectivity index (χ4n) is 4.82. The van der Waals surface area contributed by atoms with Crippen molar-refractivity contribution in [3.63, 3.8) is 0 Å². The van der Waals surface area contributed by atoms with E-state index in [1.165, 1.54) is 11.3 Å². The van der Waals surface area contributed by atoms with E-state index < -0.39 is 0 Å². The number of phenols is 1. The molecule has 2 N–H and O–H groups in total. The van der Waals surface area contributed by atoms with E-state index in [4.69, 9.17) is 4.42 Å². The first kappa shape index (κ1) is 21.8. The number of piperidine rings is 1. The van der Waals surface area contributed by atoms with Crippen LogP contribution in [0.25, 0.3) is 22.0 Å². The Labute approximate surface area is 187 Å². The molecule has 7 nitrogen and oxygen atoms in total. The van der Waals surface area contributed by atoms with Crippen LogP contribution in [0.1, 0.15) is 51.9 Å². The van der Waals surface area contributed by atoms with Gasteiger partial charge in [-0.2, -0.15) is 0 Å². The Hall–Kier alpha value is -2.45. The van der Waals surface area contributed by atoms with Crippen molar-refractivity contribution in [1.82, 2.24) is 20.5 Å². The average Bonchev–Trinajstić information content (AvgIpc) is 3.27. The first-order chi connectivity index (χ1) is 14.4. The zero-order chi connectivity index (χ0) is 22.6. The molecule has 0 unspecified atom stereocenters. The molecule has 1 aliphatic rings. The van der Waals surface area contributed by atoms with Gasteiger partial charge >= 0.3 is 0 Å². The van der Waals surface area contributed by atoms with Crippen molar-refractivity contribution < 1.29 is 9.52 Å². The number of rotatable bonds is 4. The summed E-state index contributed by atoms with van der Waals surface area (Å²) in [6.45, 7) is 12.8. The first-order valence-corrected chi connectivity index (χ1v) is 11.4. The van der Waals surface area contributed by atoms with Crippen LogP contribution in [0.4, 0.5) is 5.13 Å². The second kappa shape index (κ2) is 7.60. The Bertz CT molecular complexity index is 1060. The molecule has 0 atom stereocenters. The van der Waals surface area contributed by atoms with Crippen LogP contribution in [-0.4, -0.2) is 44.5 Å². The van der Waals surface area contributed by atoms with Gasteiger partial charge in [0.15, 0.2) is 5.01 Å². The second-order valence-electron chi connectivity index (χ2n) is 9.92. The Balaban J connectivity index is 1.61. The fraction of sp³-hybridized carbons (Fsp3) is 0.522. The molecule has 0 radical (unpaired) electrons. The van der Waals surface area contributed by atoms with E-state index in [0.717, 1.165) is 34.9 Å². The predicted octanol–water partition coefficient (Wildman–Crippen LogP) is 4.93. The lowest BCUT2D eigenvalue weighted by Crippen LogP contribution is -2.61. The summed E-state index contributed by atoms with van der Waals surface area (Å²) in [5, 5.41) is 24.9. The van der Waals surface area contributed by atoms with Gasteiger partial charge in [-0.25, -0.2) is 4.98 Å². The summed E-state index contributed by atoms with van der Waals surface area (Å²) in [6.07, 6.45) is 3.72. The molecule has 2 aromatic heterocycles. The summed E-state index contributed by atoms with van der Waals surface area (Å²) in [5.41, 5.74) is 2.46. The van der Waals surface area contributed by atoms with Gasteiger partial charge in [0.2, 0.25) is 11.0 Å². The van der Waals surface area contributed by atoms with Gasteiger partial charge in [0.1, 0.15) is 11.5 Å². The molecule has 8 heteroatoms. The van der Waals surface area contributed by atoms with Crippen molar-refractivity contribution in [1.29, 1.82) is 0 Å². The first-order valence-electron chi connectivity index (χ1n) is 10.6. The molecule has 3 heterocycles. The number of hydrogen-bond acceptors (Lipinski definition) is 8. The molecule has 166 valence electrons. The number of aromatic nitrogens is 3. The fourth-order valence-corrected chi connectivity index (χ4v) is 5.81. The third kappa shape index (κ3) is 4.45. The third-order valence-electron chi connectivity index (χ3n) is 5.83. The van der Waals surface area contributed by atoms with Gasteiger partial charge in [-0.1, -0.05) is 11.3 Å². The number of anilines is 1. The molecule has 3 aromatic rings. The van der Waals surface area contributed by atoms with Gasteiger partial charge in [-0.3, -0.25) is 0 Å². The van der Waals surface area contributed by atoms with E-state index in [9.17, 15) is 5.11 Å². The molecule has 1 fully saturated rings. The molecule has 0 amide bonds. The van der Waals surface area contributed by atoms with Crippen molar-refractivity contribution in [3.05, 3.63) is 29.7 Å². The Morgan fingerprint density at radius 3 is 2.39 bits per heavy atom. The van der Waals surface area contributed by atoms with Crippen molar-refractivity contribution in [2.24, 2.45) is 0 Å². The van der Waals surface area contributed by atoms with E-state index in [-0.39, 0.29) is 16.8 Å². The summed E-state index contributed by atoms with van der Waals surface area (Å²) in [4.78, 5) is 6.50. The van der Waals surface area contributed by atoms with Crippen molar-refractivity contribution in [2.45, 2.75) is 71.5 Å². The highest BCUT2D eigenvalue weighted by Gasteiger charge is 2.39. The monoisotopic (exact) mass is 441 g/mol. The standard InChI is InChI=1S/C23H31N5O2S/c1-13-8-15(19-24-12-14(2)30-19)9-17(29)18(13)20-25-26-21(31-20)28(7)16-10-22(3,4)27-23(5,6)11-16/h8-9,12,16,27,29H,10-11H2,1-7H3. The van der Waals surface area contributed by atoms with E-state index >= 15 is 0 Å². The Kier molecular flexibility index (Phi) is 5.34. The minimum absolute atomic E-state index is 0.0527. The molecule has 1 saturated heterocycles. The zero-order valence-electron chi connectivity index (χ0n) is 19.3. The van der Waals surface area contributed by atoms with Gasteiger partial charge in [0.05, 0.1) is 11.8 Å². The minimum Gasteiger partial charge on any atom is -0.507 e. The summed E-state index contributed by atoms with van der Waals surface area (Å²) >= 11 is 1.51. The van der Waals surface area contributed by atoms with E-state index in [1.807, 2.05) is 19.9 Å². The average molecular weight is 442 g/mol. The van der Waals surface area contributed by atoms with Crippen molar-refractivity contribution >= 4 is 16.5 Å². The third-order valence-corrected chi connectivity index (χ3v) is 6.86. The number of aromatic hydroxyl groups is 1. The number of hydrogen-bond donors (Lipinski definition) is 2. The predicted molar refractivity (Wildman–Crippen MR) is 125 cm³/mol. The molecule has 0 aliphatic carbocycles. The SMILES string of the molecule is Cc1cnc(-c2cc(C)c(-c3nnc(N(C)C4CC(C)(C)NC(C)(C)C4)s3)c(O)c2)o1. The van der Waals surface area contributed by atoms with Crippen molar-refractivity contribution in [2.75, 3.05) is 11.9 Å². The van der Waals surface area contributed by atoms with Crippen molar-refractivity contribution in [3.8, 4) is 27.8 Å². The maximum atomic E-state index is 10.8. The van der Waals surface area contributed by atoms with Gasteiger partial charge in [0.25, 0.3) is 0 Å². The lowest BCUT2D eigenvalue weighted by atomic mass is 9.79. The maximum absolute atomic E-state index is 10.8. The Morgan fingerprint density at radius 2 is 1.81 bits per heavy atom. The highest BCUT2D eigenvalue weighted by atomic mass is 32.1. The minimum atomic E-state index is 0.0527. The van der Waals surface area contributed by atoms with Crippen LogP contribution in [0, 0.1) is 13.8 Å². The zero-order valence-corrected chi connectivity index (χ0v) is 20.1. The molecule has 0 spiro atoms. The topological polar surface area (TPSA) is 87.3 Å². The number of aryl methyl sites for hydroxylation is 2. The lowest BCUT2D eigenvalue weighted by Gasteiger charge is -2.48. The normalized spacial score (nSPS) is 18.3. The summed E-state index contributed by atoms with van der Waals surface area (Å²) < 4.78 is 5.60. The van der Waals surface area contributed by atoms with E-state index in [1.54, 1.807) is 12.3 Å². The molecule has 31 heavy (non-hydrogen) atoms. The smallest absolute Gasteiger partial charge is 0.226 e. The van der Waals surface area contributed by atoms with Gasteiger partial charge in [-0.05, 0) is 72.1 Å². The van der Waals surface area contributed by atoms with Gasteiger partial charge < -0.3 is 19.7 Å². The summed E-state index contributed by atoms with van der Waals surface area (Å²) in [5.74, 6) is 1.38. The summed E-state index contributed by atoms with van der Waals surface area (Å²) in [7, 11) is 2.09. The second-order valence-corrected chi connectivity index (χ2v) is 10.9. The van der Waals surface area contributed by atoms with Gasteiger partial charge in [-0.15, -0.1) is 10.2 Å². The van der Waals surface area contributed by atoms with E-state index in [2.05, 4.69) is 60.1 Å². The lowest BCUT2D eigenvalue weighted by molar-refractivity contribution is 0.161. The largest absolute Gasteiger partial charge is 0.507 e. The Morgan fingerprint density at radius 1 is 1.13 bits per heavy atom. The quantitative estimate of drug-likeness (QED) is 0.594. The van der Waals surface area contributed by atoms with Crippen LogP contribution < -0.4 is 10.2 Å².